The van der Waals surface area contributed by atoms with Crippen LogP contribution in [0.15, 0.2) is 24.3 Å². The zero-order chi connectivity index (χ0) is 12.9. The van der Waals surface area contributed by atoms with Crippen LogP contribution in [-0.2, 0) is 0 Å². The van der Waals surface area contributed by atoms with Gasteiger partial charge in [0, 0.05) is 12.1 Å². The standard InChI is InChI=1S/C13H20FNO2/c1-13(2,3)15-8-10(16)9-17-12-7-5-4-6-11(12)14/h4-7,10,15-16H,8-9H2,1-3H3/t10-/m0/s1. The van der Waals surface area contributed by atoms with Gasteiger partial charge in [-0.05, 0) is 32.9 Å². The van der Waals surface area contributed by atoms with Crippen LogP contribution >= 0.6 is 0 Å². The van der Waals surface area contributed by atoms with Gasteiger partial charge in [0.2, 0.25) is 0 Å². The normalized spacial score (nSPS) is 13.5. The molecule has 0 aliphatic rings. The van der Waals surface area contributed by atoms with E-state index in [0.717, 1.165) is 0 Å². The molecule has 0 saturated heterocycles. The van der Waals surface area contributed by atoms with Gasteiger partial charge >= 0.3 is 0 Å². The van der Waals surface area contributed by atoms with Crippen LogP contribution in [0.4, 0.5) is 4.39 Å². The second kappa shape index (κ2) is 5.98. The molecule has 0 fully saturated rings. The number of hydrogen-bond donors (Lipinski definition) is 2. The van der Waals surface area contributed by atoms with Gasteiger partial charge in [-0.1, -0.05) is 12.1 Å². The number of aliphatic hydroxyl groups is 1. The van der Waals surface area contributed by atoms with E-state index >= 15 is 0 Å². The molecular formula is C13H20FNO2. The molecule has 0 aliphatic heterocycles. The van der Waals surface area contributed by atoms with Gasteiger partial charge in [0.15, 0.2) is 11.6 Å². The van der Waals surface area contributed by atoms with E-state index < -0.39 is 11.9 Å². The number of ether oxygens (including phenoxy) is 1. The predicted molar refractivity (Wildman–Crippen MR) is 65.7 cm³/mol. The van der Waals surface area contributed by atoms with Crippen LogP contribution in [0.3, 0.4) is 0 Å². The Morgan fingerprint density at radius 3 is 2.59 bits per heavy atom. The van der Waals surface area contributed by atoms with E-state index in [-0.39, 0.29) is 17.9 Å². The molecule has 0 spiro atoms. The lowest BCUT2D eigenvalue weighted by molar-refractivity contribution is 0.0980. The number of hydrogen-bond acceptors (Lipinski definition) is 3. The fourth-order valence-corrected chi connectivity index (χ4v) is 1.23. The Hall–Kier alpha value is -1.13. The molecule has 0 saturated carbocycles. The first-order valence-corrected chi connectivity index (χ1v) is 5.69. The Morgan fingerprint density at radius 2 is 2.00 bits per heavy atom. The van der Waals surface area contributed by atoms with Crippen molar-refractivity contribution in [1.82, 2.24) is 5.32 Å². The zero-order valence-electron chi connectivity index (χ0n) is 10.5. The lowest BCUT2D eigenvalue weighted by Gasteiger charge is -2.23. The Kier molecular flexibility index (Phi) is 4.90. The number of rotatable bonds is 5. The third-order valence-electron chi connectivity index (χ3n) is 2.14. The molecule has 3 nitrogen and oxygen atoms in total. The smallest absolute Gasteiger partial charge is 0.165 e. The minimum atomic E-state index is -0.658. The molecule has 0 bridgehead atoms. The van der Waals surface area contributed by atoms with E-state index in [0.29, 0.717) is 6.54 Å². The number of nitrogens with one attached hydrogen (secondary N) is 1. The summed E-state index contributed by atoms with van der Waals surface area (Å²) >= 11 is 0. The van der Waals surface area contributed by atoms with Gasteiger partial charge in [0.1, 0.15) is 12.7 Å². The summed E-state index contributed by atoms with van der Waals surface area (Å²) in [5, 5.41) is 12.8. The van der Waals surface area contributed by atoms with Crippen molar-refractivity contribution in [3.8, 4) is 5.75 Å². The van der Waals surface area contributed by atoms with Crippen molar-refractivity contribution in [3.63, 3.8) is 0 Å². The molecule has 1 rings (SSSR count). The van der Waals surface area contributed by atoms with Gasteiger partial charge < -0.3 is 15.2 Å². The van der Waals surface area contributed by atoms with E-state index in [1.165, 1.54) is 6.07 Å². The first-order valence-electron chi connectivity index (χ1n) is 5.69. The second-order valence-corrected chi connectivity index (χ2v) is 5.03. The van der Waals surface area contributed by atoms with Crippen molar-refractivity contribution >= 4 is 0 Å². The highest BCUT2D eigenvalue weighted by Gasteiger charge is 2.13. The van der Waals surface area contributed by atoms with Gasteiger partial charge in [-0.25, -0.2) is 4.39 Å². The van der Waals surface area contributed by atoms with Gasteiger partial charge in [-0.2, -0.15) is 0 Å². The minimum Gasteiger partial charge on any atom is -0.488 e. The summed E-state index contributed by atoms with van der Waals surface area (Å²) in [6.45, 7) is 6.52. The number of para-hydroxylation sites is 1. The average molecular weight is 241 g/mol. The van der Waals surface area contributed by atoms with Gasteiger partial charge in [-0.3, -0.25) is 0 Å². The highest BCUT2D eigenvalue weighted by Crippen LogP contribution is 2.15. The monoisotopic (exact) mass is 241 g/mol. The zero-order valence-corrected chi connectivity index (χ0v) is 10.5. The van der Waals surface area contributed by atoms with Crippen LogP contribution in [0.5, 0.6) is 5.75 Å². The second-order valence-electron chi connectivity index (χ2n) is 5.03. The summed E-state index contributed by atoms with van der Waals surface area (Å²) in [7, 11) is 0. The summed E-state index contributed by atoms with van der Waals surface area (Å²) in [4.78, 5) is 0. The number of halogens is 1. The van der Waals surface area contributed by atoms with E-state index in [4.69, 9.17) is 4.74 Å². The number of β-amino-alcohol motifs (C(OH)–C–C–N with tert-alkyl or cyclic N) is 1. The van der Waals surface area contributed by atoms with Crippen molar-refractivity contribution in [1.29, 1.82) is 0 Å². The summed E-state index contributed by atoms with van der Waals surface area (Å²) in [5.41, 5.74) is -0.0566. The van der Waals surface area contributed by atoms with Gasteiger partial charge in [0.25, 0.3) is 0 Å². The van der Waals surface area contributed by atoms with Crippen molar-refractivity contribution in [2.45, 2.75) is 32.4 Å². The molecule has 17 heavy (non-hydrogen) atoms. The fourth-order valence-electron chi connectivity index (χ4n) is 1.23. The third-order valence-corrected chi connectivity index (χ3v) is 2.14. The minimum absolute atomic E-state index is 0.0566. The van der Waals surface area contributed by atoms with Gasteiger partial charge in [-0.15, -0.1) is 0 Å². The SMILES string of the molecule is CC(C)(C)NC[C@H](O)COc1ccccc1F. The largest absolute Gasteiger partial charge is 0.488 e. The van der Waals surface area contributed by atoms with E-state index in [1.54, 1.807) is 18.2 Å². The summed E-state index contributed by atoms with van der Waals surface area (Å²) in [6.07, 6.45) is -0.658. The summed E-state index contributed by atoms with van der Waals surface area (Å²) in [5.74, 6) is -0.245. The fraction of sp³-hybridized carbons (Fsp3) is 0.538. The molecule has 1 aromatic carbocycles. The van der Waals surface area contributed by atoms with Crippen molar-refractivity contribution in [2.75, 3.05) is 13.2 Å². The number of benzene rings is 1. The molecule has 0 radical (unpaired) electrons. The molecule has 0 aromatic heterocycles. The van der Waals surface area contributed by atoms with Crippen molar-refractivity contribution in [2.24, 2.45) is 0 Å². The molecule has 96 valence electrons. The lowest BCUT2D eigenvalue weighted by atomic mass is 10.1. The molecule has 2 N–H and O–H groups in total. The Morgan fingerprint density at radius 1 is 1.35 bits per heavy atom. The molecule has 0 unspecified atom stereocenters. The molecule has 4 heteroatoms. The molecule has 0 aliphatic carbocycles. The average Bonchev–Trinajstić information content (AvgIpc) is 2.24. The van der Waals surface area contributed by atoms with Crippen LogP contribution in [-0.4, -0.2) is 29.9 Å². The van der Waals surface area contributed by atoms with Crippen LogP contribution in [0.1, 0.15) is 20.8 Å². The predicted octanol–water partition coefficient (Wildman–Crippen LogP) is 1.95. The Labute approximate surface area is 102 Å². The molecule has 0 amide bonds. The maximum absolute atomic E-state index is 13.2. The van der Waals surface area contributed by atoms with Crippen molar-refractivity contribution < 1.29 is 14.2 Å². The summed E-state index contributed by atoms with van der Waals surface area (Å²) < 4.78 is 18.4. The van der Waals surface area contributed by atoms with Gasteiger partial charge in [0.05, 0.1) is 0 Å². The van der Waals surface area contributed by atoms with Crippen molar-refractivity contribution in [3.05, 3.63) is 30.1 Å². The Bertz CT molecular complexity index is 350. The number of aliphatic hydroxyl groups excluding tert-OH is 1. The van der Waals surface area contributed by atoms with Crippen LogP contribution < -0.4 is 10.1 Å². The highest BCUT2D eigenvalue weighted by atomic mass is 19.1. The third kappa shape index (κ3) is 5.65. The molecule has 1 aromatic rings. The molecule has 0 heterocycles. The topological polar surface area (TPSA) is 41.5 Å². The first-order chi connectivity index (χ1) is 7.88. The van der Waals surface area contributed by atoms with E-state index in [9.17, 15) is 9.50 Å². The first kappa shape index (κ1) is 13.9. The summed E-state index contributed by atoms with van der Waals surface area (Å²) in [6, 6.07) is 6.16. The molecule has 1 atom stereocenters. The maximum atomic E-state index is 13.2. The van der Waals surface area contributed by atoms with Crippen LogP contribution in [0.25, 0.3) is 0 Å². The molecular weight excluding hydrogens is 221 g/mol. The Balaban J connectivity index is 2.34. The van der Waals surface area contributed by atoms with Crippen LogP contribution in [0, 0.1) is 5.82 Å². The highest BCUT2D eigenvalue weighted by molar-refractivity contribution is 5.23. The van der Waals surface area contributed by atoms with E-state index in [2.05, 4.69) is 5.32 Å². The maximum Gasteiger partial charge on any atom is 0.165 e. The lowest BCUT2D eigenvalue weighted by Crippen LogP contribution is -2.42. The van der Waals surface area contributed by atoms with E-state index in [1.807, 2.05) is 20.8 Å². The quantitative estimate of drug-likeness (QED) is 0.828. The van der Waals surface area contributed by atoms with Crippen LogP contribution in [0.2, 0.25) is 0 Å².